The number of hydrogen-bond donors (Lipinski definition) is 4. The van der Waals surface area contributed by atoms with Crippen LogP contribution >= 0.6 is 0 Å². The van der Waals surface area contributed by atoms with Crippen LogP contribution in [0.15, 0.2) is 51.4 Å². The van der Waals surface area contributed by atoms with Crippen molar-refractivity contribution in [2.45, 2.75) is 75.0 Å². The summed E-state index contributed by atoms with van der Waals surface area (Å²) in [6, 6.07) is 8.37. The van der Waals surface area contributed by atoms with Crippen molar-refractivity contribution >= 4 is 53.0 Å². The summed E-state index contributed by atoms with van der Waals surface area (Å²) in [7, 11) is -7.74. The maximum Gasteiger partial charge on any atom is 0.240 e. The Balaban J connectivity index is 2.05. The lowest BCUT2D eigenvalue weighted by atomic mass is 9.99. The quantitative estimate of drug-likeness (QED) is 0.0730. The second-order valence-corrected chi connectivity index (χ2v) is 12.8. The van der Waals surface area contributed by atoms with Crippen molar-refractivity contribution < 1.29 is 22.0 Å². The zero-order valence-corrected chi connectivity index (χ0v) is 23.4. The summed E-state index contributed by atoms with van der Waals surface area (Å²) in [4.78, 5) is 11.9. The first-order chi connectivity index (χ1) is 18.2. The molecule has 4 N–H and O–H groups in total. The van der Waals surface area contributed by atoms with Gasteiger partial charge >= 0.3 is 0 Å². The van der Waals surface area contributed by atoms with Crippen LogP contribution in [0, 0.1) is 4.91 Å². The Kier molecular flexibility index (Phi) is 10.6. The fourth-order valence-corrected chi connectivity index (χ4v) is 6.60. The fourth-order valence-electron chi connectivity index (χ4n) is 4.40. The molecule has 38 heavy (non-hydrogen) atoms. The highest BCUT2D eigenvalue weighted by Gasteiger charge is 2.22. The van der Waals surface area contributed by atoms with Gasteiger partial charge in [0.15, 0.2) is 0 Å². The van der Waals surface area contributed by atoms with E-state index in [4.69, 9.17) is 0 Å². The number of nitrogens with zero attached hydrogens (tertiary/aromatic N) is 1. The molecule has 3 rings (SSSR count). The standard InChI is InChI=1S/C26H36N4O6S2/c1-3-5-7-9-15-27-37(33,34)19-11-13-21-23(17-19)26(30-32)24-18-20(12-14-22(24)25(21)29-31)38(35,36)28-16-10-8-6-4-2/h11-14,17-18,27-29,31H,3-10,15-16H2,1-2H3. The van der Waals surface area contributed by atoms with E-state index in [9.17, 15) is 26.9 Å². The van der Waals surface area contributed by atoms with E-state index < -0.39 is 20.0 Å². The zero-order valence-electron chi connectivity index (χ0n) is 21.8. The summed E-state index contributed by atoms with van der Waals surface area (Å²) in [6.45, 7) is 4.71. The molecule has 0 fully saturated rings. The first-order valence-corrected chi connectivity index (χ1v) is 15.9. The normalized spacial score (nSPS) is 12.3. The molecule has 3 aromatic carbocycles. The number of rotatable bonds is 16. The molecule has 0 atom stereocenters. The Morgan fingerprint density at radius 3 is 1.50 bits per heavy atom. The van der Waals surface area contributed by atoms with Gasteiger partial charge in [-0.05, 0) is 42.3 Å². The maximum atomic E-state index is 12.9. The molecule has 0 bridgehead atoms. The molecule has 0 heterocycles. The van der Waals surface area contributed by atoms with E-state index in [1.807, 2.05) is 0 Å². The third-order valence-electron chi connectivity index (χ3n) is 6.50. The number of benzene rings is 3. The summed E-state index contributed by atoms with van der Waals surface area (Å²) in [5.74, 6) is 0. The highest BCUT2D eigenvalue weighted by Crippen LogP contribution is 2.42. The van der Waals surface area contributed by atoms with Gasteiger partial charge in [-0.2, -0.15) is 0 Å². The summed E-state index contributed by atoms with van der Waals surface area (Å²) >= 11 is 0. The van der Waals surface area contributed by atoms with Crippen molar-refractivity contribution in [1.82, 2.24) is 9.44 Å². The molecule has 0 unspecified atom stereocenters. The monoisotopic (exact) mass is 564 g/mol. The minimum absolute atomic E-state index is 0.0637. The van der Waals surface area contributed by atoms with Gasteiger partial charge in [0.1, 0.15) is 5.69 Å². The molecule has 0 saturated heterocycles. The molecule has 208 valence electrons. The second-order valence-electron chi connectivity index (χ2n) is 9.26. The van der Waals surface area contributed by atoms with Gasteiger partial charge in [-0.15, -0.1) is 4.91 Å². The molecule has 0 radical (unpaired) electrons. The van der Waals surface area contributed by atoms with Crippen LogP contribution in [0.2, 0.25) is 0 Å². The van der Waals surface area contributed by atoms with E-state index in [2.05, 4.69) is 33.9 Å². The van der Waals surface area contributed by atoms with Gasteiger partial charge in [0.25, 0.3) is 0 Å². The van der Waals surface area contributed by atoms with Crippen LogP contribution in [0.4, 0.5) is 11.4 Å². The lowest BCUT2D eigenvalue weighted by Crippen LogP contribution is -2.24. The number of anilines is 1. The predicted molar refractivity (Wildman–Crippen MR) is 151 cm³/mol. The molecule has 0 saturated carbocycles. The van der Waals surface area contributed by atoms with Gasteiger partial charge in [-0.3, -0.25) is 10.7 Å². The number of nitroso groups, excluding NO2 is 1. The Bertz CT molecular complexity index is 1390. The van der Waals surface area contributed by atoms with Gasteiger partial charge in [0.2, 0.25) is 20.0 Å². The molecule has 0 aliphatic heterocycles. The van der Waals surface area contributed by atoms with Crippen LogP contribution in [0.25, 0.3) is 21.5 Å². The molecule has 10 nitrogen and oxygen atoms in total. The summed E-state index contributed by atoms with van der Waals surface area (Å²) in [5.41, 5.74) is 2.20. The van der Waals surface area contributed by atoms with Gasteiger partial charge in [-0.25, -0.2) is 26.3 Å². The van der Waals surface area contributed by atoms with E-state index in [0.717, 1.165) is 38.5 Å². The predicted octanol–water partition coefficient (Wildman–Crippen LogP) is 5.91. The van der Waals surface area contributed by atoms with E-state index in [1.165, 1.54) is 36.4 Å². The fraction of sp³-hybridized carbons (Fsp3) is 0.462. The van der Waals surface area contributed by atoms with E-state index in [0.29, 0.717) is 23.6 Å². The van der Waals surface area contributed by atoms with Crippen molar-refractivity contribution in [1.29, 1.82) is 0 Å². The summed E-state index contributed by atoms with van der Waals surface area (Å²) < 4.78 is 56.8. The van der Waals surface area contributed by atoms with Crippen molar-refractivity contribution in [3.63, 3.8) is 0 Å². The first-order valence-electron chi connectivity index (χ1n) is 13.0. The van der Waals surface area contributed by atoms with Gasteiger partial charge < -0.3 is 0 Å². The molecule has 0 aliphatic rings. The second kappa shape index (κ2) is 13.4. The largest absolute Gasteiger partial charge is 0.291 e. The highest BCUT2D eigenvalue weighted by molar-refractivity contribution is 7.89. The van der Waals surface area contributed by atoms with Gasteiger partial charge in [-0.1, -0.05) is 64.5 Å². The van der Waals surface area contributed by atoms with Crippen molar-refractivity contribution in [2.75, 3.05) is 18.6 Å². The Labute approximate surface area is 224 Å². The summed E-state index contributed by atoms with van der Waals surface area (Å²) in [5, 5.41) is 14.1. The number of hydrogen-bond acceptors (Lipinski definition) is 8. The van der Waals surface area contributed by atoms with Crippen molar-refractivity contribution in [2.24, 2.45) is 5.18 Å². The molecule has 0 aromatic heterocycles. The van der Waals surface area contributed by atoms with E-state index in [-0.39, 0.29) is 45.0 Å². The van der Waals surface area contributed by atoms with Crippen LogP contribution in [-0.2, 0) is 20.0 Å². The van der Waals surface area contributed by atoms with Crippen LogP contribution in [0.3, 0.4) is 0 Å². The zero-order chi connectivity index (χ0) is 27.8. The number of sulfonamides is 2. The van der Waals surface area contributed by atoms with Crippen LogP contribution < -0.4 is 14.9 Å². The van der Waals surface area contributed by atoms with Crippen LogP contribution in [-0.4, -0.2) is 35.1 Å². The molecule has 0 aliphatic carbocycles. The molecular formula is C26H36N4O6S2. The van der Waals surface area contributed by atoms with Gasteiger partial charge in [0, 0.05) is 34.6 Å². The number of fused-ring (bicyclic) bond motifs is 2. The minimum Gasteiger partial charge on any atom is -0.291 e. The number of unbranched alkanes of at least 4 members (excludes halogenated alkanes) is 6. The minimum atomic E-state index is -3.87. The number of nitrogens with one attached hydrogen (secondary N) is 3. The Hall–Kier alpha value is -2.64. The molecule has 12 heteroatoms. The highest BCUT2D eigenvalue weighted by atomic mass is 32.2. The lowest BCUT2D eigenvalue weighted by molar-refractivity contribution is 0.390. The van der Waals surface area contributed by atoms with Gasteiger partial charge in [0.05, 0.1) is 15.5 Å². The first kappa shape index (κ1) is 29.9. The molecule has 3 aromatic rings. The SMILES string of the molecule is CCCCCCNS(=O)(=O)c1ccc2c(NO)c3ccc(S(=O)(=O)NCCCCCC)cc3c(N=O)c2c1. The third kappa shape index (κ3) is 6.86. The molecule has 0 spiro atoms. The van der Waals surface area contributed by atoms with E-state index >= 15 is 0 Å². The molecular weight excluding hydrogens is 528 g/mol. The third-order valence-corrected chi connectivity index (χ3v) is 9.42. The van der Waals surface area contributed by atoms with Crippen LogP contribution in [0.1, 0.15) is 65.2 Å². The average Bonchev–Trinajstić information content (AvgIpc) is 2.90. The maximum absolute atomic E-state index is 12.9. The Morgan fingerprint density at radius 1 is 0.684 bits per heavy atom. The van der Waals surface area contributed by atoms with E-state index in [1.54, 1.807) is 0 Å². The smallest absolute Gasteiger partial charge is 0.240 e. The summed E-state index contributed by atoms with van der Waals surface area (Å²) in [6.07, 6.45) is 7.32. The van der Waals surface area contributed by atoms with Crippen molar-refractivity contribution in [3.05, 3.63) is 41.3 Å². The average molecular weight is 565 g/mol. The topological polar surface area (TPSA) is 154 Å². The van der Waals surface area contributed by atoms with Crippen molar-refractivity contribution in [3.8, 4) is 0 Å². The van der Waals surface area contributed by atoms with Crippen LogP contribution in [0.5, 0.6) is 0 Å². The molecule has 0 amide bonds. The lowest BCUT2D eigenvalue weighted by Gasteiger charge is -2.15. The Morgan fingerprint density at radius 2 is 1.13 bits per heavy atom.